The highest BCUT2D eigenvalue weighted by Gasteiger charge is 2.26. The van der Waals surface area contributed by atoms with Gasteiger partial charge in [-0.25, -0.2) is 14.8 Å². The van der Waals surface area contributed by atoms with Crippen molar-refractivity contribution in [3.63, 3.8) is 0 Å². The van der Waals surface area contributed by atoms with Gasteiger partial charge in [0.15, 0.2) is 0 Å². The van der Waals surface area contributed by atoms with Crippen LogP contribution in [-0.4, -0.2) is 41.7 Å². The monoisotopic (exact) mass is 325 g/mol. The van der Waals surface area contributed by atoms with Crippen molar-refractivity contribution in [3.05, 3.63) is 54.4 Å². The molecule has 0 saturated carbocycles. The predicted octanol–water partition coefficient (Wildman–Crippen LogP) is 1.99. The van der Waals surface area contributed by atoms with Gasteiger partial charge in [-0.05, 0) is 30.9 Å². The number of benzene rings is 1. The summed E-state index contributed by atoms with van der Waals surface area (Å²) in [7, 11) is 0. The lowest BCUT2D eigenvalue weighted by Crippen LogP contribution is -2.44. The molecule has 1 fully saturated rings. The van der Waals surface area contributed by atoms with Crippen LogP contribution in [0.3, 0.4) is 0 Å². The number of hydrogen-bond acceptors (Lipinski definition) is 4. The number of carbonyl (C=O) groups is 1. The highest BCUT2D eigenvalue weighted by molar-refractivity contribution is 5.73. The highest BCUT2D eigenvalue weighted by Crippen LogP contribution is 2.21. The lowest BCUT2D eigenvalue weighted by atomic mass is 10.1. The summed E-state index contributed by atoms with van der Waals surface area (Å²) >= 11 is 0. The summed E-state index contributed by atoms with van der Waals surface area (Å²) in [5.41, 5.74) is 1.22. The molecule has 1 aliphatic rings. The quantitative estimate of drug-likeness (QED) is 0.852. The van der Waals surface area contributed by atoms with Crippen molar-refractivity contribution < 1.29 is 4.79 Å². The molecular formula is C18H23N5O. The largest absolute Gasteiger partial charge is 0.338 e. The van der Waals surface area contributed by atoms with Crippen LogP contribution in [0.4, 0.5) is 10.7 Å². The summed E-state index contributed by atoms with van der Waals surface area (Å²) in [5, 5.41) is 5.87. The first-order chi connectivity index (χ1) is 11.8. The number of rotatable bonds is 6. The molecule has 6 heteroatoms. The SMILES string of the molecule is O=C(NCCc1ccccc1)NCC1CCCN1c1ncccn1. The molecule has 1 aromatic carbocycles. The van der Waals surface area contributed by atoms with E-state index in [1.807, 2.05) is 24.3 Å². The van der Waals surface area contributed by atoms with Gasteiger partial charge in [0.25, 0.3) is 0 Å². The van der Waals surface area contributed by atoms with Crippen LogP contribution in [0.1, 0.15) is 18.4 Å². The van der Waals surface area contributed by atoms with E-state index in [0.717, 1.165) is 31.8 Å². The molecule has 0 bridgehead atoms. The number of carbonyl (C=O) groups excluding carboxylic acids is 1. The Balaban J connectivity index is 1.41. The fourth-order valence-corrected chi connectivity index (χ4v) is 2.99. The molecule has 0 spiro atoms. The second kappa shape index (κ2) is 8.29. The van der Waals surface area contributed by atoms with Crippen molar-refractivity contribution in [2.24, 2.45) is 0 Å². The maximum atomic E-state index is 12.0. The first-order valence-corrected chi connectivity index (χ1v) is 8.42. The number of hydrogen-bond donors (Lipinski definition) is 2. The Morgan fingerprint density at radius 3 is 2.71 bits per heavy atom. The molecule has 0 aliphatic carbocycles. The Kier molecular flexibility index (Phi) is 5.61. The summed E-state index contributed by atoms with van der Waals surface area (Å²) < 4.78 is 0. The minimum absolute atomic E-state index is 0.119. The number of nitrogens with zero attached hydrogens (tertiary/aromatic N) is 3. The maximum Gasteiger partial charge on any atom is 0.314 e. The number of anilines is 1. The zero-order valence-electron chi connectivity index (χ0n) is 13.7. The molecule has 126 valence electrons. The molecule has 3 rings (SSSR count). The van der Waals surface area contributed by atoms with Gasteiger partial charge in [-0.3, -0.25) is 0 Å². The van der Waals surface area contributed by atoms with Gasteiger partial charge in [0, 0.05) is 38.1 Å². The van der Waals surface area contributed by atoms with Crippen molar-refractivity contribution in [3.8, 4) is 0 Å². The Hall–Kier alpha value is -2.63. The molecule has 24 heavy (non-hydrogen) atoms. The molecule has 2 N–H and O–H groups in total. The Bertz CT molecular complexity index is 634. The number of urea groups is 1. The highest BCUT2D eigenvalue weighted by atomic mass is 16.2. The lowest BCUT2D eigenvalue weighted by Gasteiger charge is -2.24. The van der Waals surface area contributed by atoms with Crippen molar-refractivity contribution in [2.75, 3.05) is 24.5 Å². The average Bonchev–Trinajstić information content (AvgIpc) is 3.10. The standard InChI is InChI=1S/C18H23N5O/c24-18(21-12-9-15-6-2-1-3-7-15)22-14-16-8-4-13-23(16)17-19-10-5-11-20-17/h1-3,5-7,10-11,16H,4,8-9,12-14H2,(H2,21,22,24). The van der Waals surface area contributed by atoms with E-state index in [4.69, 9.17) is 0 Å². The minimum atomic E-state index is -0.119. The smallest absolute Gasteiger partial charge is 0.314 e. The molecule has 1 atom stereocenters. The first kappa shape index (κ1) is 16.2. The summed E-state index contributed by atoms with van der Waals surface area (Å²) in [5.74, 6) is 0.742. The van der Waals surface area contributed by atoms with Crippen LogP contribution in [0.25, 0.3) is 0 Å². The van der Waals surface area contributed by atoms with E-state index in [1.54, 1.807) is 12.4 Å². The van der Waals surface area contributed by atoms with E-state index in [2.05, 4.69) is 37.6 Å². The third-order valence-electron chi connectivity index (χ3n) is 4.23. The van der Waals surface area contributed by atoms with E-state index in [0.29, 0.717) is 13.1 Å². The summed E-state index contributed by atoms with van der Waals surface area (Å²) in [4.78, 5) is 22.7. The van der Waals surface area contributed by atoms with Gasteiger partial charge in [-0.2, -0.15) is 0 Å². The van der Waals surface area contributed by atoms with Crippen molar-refractivity contribution in [1.82, 2.24) is 20.6 Å². The van der Waals surface area contributed by atoms with Gasteiger partial charge in [0.05, 0.1) is 0 Å². The number of amides is 2. The Labute approximate surface area is 142 Å². The average molecular weight is 325 g/mol. The van der Waals surface area contributed by atoms with Gasteiger partial charge in [-0.1, -0.05) is 30.3 Å². The van der Waals surface area contributed by atoms with Crippen LogP contribution in [-0.2, 0) is 6.42 Å². The lowest BCUT2D eigenvalue weighted by molar-refractivity contribution is 0.240. The van der Waals surface area contributed by atoms with Crippen LogP contribution in [0.5, 0.6) is 0 Å². The summed E-state index contributed by atoms with van der Waals surface area (Å²) in [6.45, 7) is 2.17. The summed E-state index contributed by atoms with van der Waals surface area (Å²) in [6, 6.07) is 12.1. The zero-order valence-corrected chi connectivity index (χ0v) is 13.7. The van der Waals surface area contributed by atoms with E-state index >= 15 is 0 Å². The van der Waals surface area contributed by atoms with E-state index < -0.39 is 0 Å². The van der Waals surface area contributed by atoms with Gasteiger partial charge in [-0.15, -0.1) is 0 Å². The molecule has 1 aromatic heterocycles. The fourth-order valence-electron chi connectivity index (χ4n) is 2.99. The summed E-state index contributed by atoms with van der Waals surface area (Å²) in [6.07, 6.45) is 6.48. The van der Waals surface area contributed by atoms with Crippen molar-refractivity contribution in [1.29, 1.82) is 0 Å². The van der Waals surface area contributed by atoms with E-state index in [9.17, 15) is 4.79 Å². The molecular weight excluding hydrogens is 302 g/mol. The molecule has 1 aliphatic heterocycles. The fraction of sp³-hybridized carbons (Fsp3) is 0.389. The third kappa shape index (κ3) is 4.44. The number of aromatic nitrogens is 2. The first-order valence-electron chi connectivity index (χ1n) is 8.42. The van der Waals surface area contributed by atoms with Crippen LogP contribution < -0.4 is 15.5 Å². The third-order valence-corrected chi connectivity index (χ3v) is 4.23. The van der Waals surface area contributed by atoms with Crippen LogP contribution in [0.15, 0.2) is 48.8 Å². The molecule has 1 saturated heterocycles. The molecule has 1 unspecified atom stereocenters. The van der Waals surface area contributed by atoms with Crippen LogP contribution in [0, 0.1) is 0 Å². The zero-order chi connectivity index (χ0) is 16.6. The minimum Gasteiger partial charge on any atom is -0.338 e. The van der Waals surface area contributed by atoms with Gasteiger partial charge >= 0.3 is 6.03 Å². The van der Waals surface area contributed by atoms with Gasteiger partial charge in [0.1, 0.15) is 0 Å². The molecule has 6 nitrogen and oxygen atoms in total. The number of nitrogens with one attached hydrogen (secondary N) is 2. The molecule has 0 radical (unpaired) electrons. The predicted molar refractivity (Wildman–Crippen MR) is 93.9 cm³/mol. The van der Waals surface area contributed by atoms with Crippen molar-refractivity contribution in [2.45, 2.75) is 25.3 Å². The van der Waals surface area contributed by atoms with E-state index in [1.165, 1.54) is 5.56 Å². The topological polar surface area (TPSA) is 70.2 Å². The van der Waals surface area contributed by atoms with Gasteiger partial charge < -0.3 is 15.5 Å². The van der Waals surface area contributed by atoms with Crippen molar-refractivity contribution >= 4 is 12.0 Å². The van der Waals surface area contributed by atoms with E-state index in [-0.39, 0.29) is 12.1 Å². The molecule has 2 amide bonds. The van der Waals surface area contributed by atoms with Crippen LogP contribution in [0.2, 0.25) is 0 Å². The molecule has 2 aromatic rings. The Morgan fingerprint density at radius 1 is 1.12 bits per heavy atom. The van der Waals surface area contributed by atoms with Gasteiger partial charge in [0.2, 0.25) is 5.95 Å². The second-order valence-electron chi connectivity index (χ2n) is 5.91. The normalized spacial score (nSPS) is 16.8. The molecule has 2 heterocycles. The Morgan fingerprint density at radius 2 is 1.92 bits per heavy atom. The maximum absolute atomic E-state index is 12.0. The second-order valence-corrected chi connectivity index (χ2v) is 5.91. The van der Waals surface area contributed by atoms with Crippen LogP contribution >= 0.6 is 0 Å².